The first-order valence-electron chi connectivity index (χ1n) is 6.84. The molecule has 0 aliphatic heterocycles. The summed E-state index contributed by atoms with van der Waals surface area (Å²) in [4.78, 5) is 36.8. The fourth-order valence-corrected chi connectivity index (χ4v) is 2.53. The van der Waals surface area contributed by atoms with E-state index in [0.717, 1.165) is 6.07 Å². The molecule has 1 aromatic carbocycles. The Labute approximate surface area is 144 Å². The largest absolute Gasteiger partial charge is 0.492 e. The molecule has 5 N–H and O–H groups in total. The smallest absolute Gasteiger partial charge is 0.342 e. The van der Waals surface area contributed by atoms with Gasteiger partial charge in [0, 0.05) is 11.1 Å². The molecule has 0 saturated carbocycles. The molecule has 132 valence electrons. The summed E-state index contributed by atoms with van der Waals surface area (Å²) in [5.74, 6) is -5.15. The quantitative estimate of drug-likeness (QED) is 0.631. The summed E-state index contributed by atoms with van der Waals surface area (Å²) in [6, 6.07) is 2.30. The van der Waals surface area contributed by atoms with Crippen LogP contribution in [0.2, 0.25) is 5.02 Å². The van der Waals surface area contributed by atoms with E-state index in [4.69, 9.17) is 22.1 Å². The van der Waals surface area contributed by atoms with Crippen LogP contribution in [0.4, 0.5) is 10.2 Å². The highest BCUT2D eigenvalue weighted by Gasteiger charge is 2.29. The number of benzene rings is 1. The first-order valence-corrected chi connectivity index (χ1v) is 7.21. The number of carboxylic acid groups (broad SMARTS) is 2. The van der Waals surface area contributed by atoms with Gasteiger partial charge in [0.05, 0.1) is 6.61 Å². The monoisotopic (exact) mass is 370 g/mol. The number of carboxylic acids is 2. The van der Waals surface area contributed by atoms with Gasteiger partial charge in [0.25, 0.3) is 5.56 Å². The third kappa shape index (κ3) is 3.13. The molecule has 0 fully saturated rings. The lowest BCUT2D eigenvalue weighted by Gasteiger charge is -2.14. The van der Waals surface area contributed by atoms with E-state index in [9.17, 15) is 29.0 Å². The van der Waals surface area contributed by atoms with Crippen LogP contribution in [0.25, 0.3) is 11.1 Å². The van der Waals surface area contributed by atoms with Gasteiger partial charge in [-0.15, -0.1) is 0 Å². The standard InChI is InChI=1S/C15H12ClFN2O6/c1-2-25-6-4-3-5(11(17)10(6)16)7-8(14(21)22)12(18)19-13(20)9(7)15(23)24/h3-4H,2H2,1H3,(H,21,22)(H,23,24)(H3,18,19,20). The zero-order valence-corrected chi connectivity index (χ0v) is 13.5. The summed E-state index contributed by atoms with van der Waals surface area (Å²) < 4.78 is 19.8. The number of nitrogens with two attached hydrogens (primary N) is 1. The number of H-pyrrole nitrogens is 1. The molecule has 2 aromatic rings. The minimum Gasteiger partial charge on any atom is -0.492 e. The average Bonchev–Trinajstić information content (AvgIpc) is 2.50. The Balaban J connectivity index is 2.96. The molecule has 8 nitrogen and oxygen atoms in total. The van der Waals surface area contributed by atoms with Crippen molar-refractivity contribution in [3.8, 4) is 16.9 Å². The van der Waals surface area contributed by atoms with Crippen molar-refractivity contribution in [3.05, 3.63) is 44.5 Å². The van der Waals surface area contributed by atoms with Crippen molar-refractivity contribution in [3.63, 3.8) is 0 Å². The Morgan fingerprint density at radius 1 is 1.28 bits per heavy atom. The molecule has 0 amide bonds. The number of hydrogen-bond donors (Lipinski definition) is 4. The van der Waals surface area contributed by atoms with Gasteiger partial charge in [-0.25, -0.2) is 14.0 Å². The predicted octanol–water partition coefficient (Wildman–Crippen LogP) is 2.21. The molecule has 0 radical (unpaired) electrons. The van der Waals surface area contributed by atoms with Crippen molar-refractivity contribution >= 4 is 29.4 Å². The van der Waals surface area contributed by atoms with Crippen molar-refractivity contribution in [2.24, 2.45) is 0 Å². The number of anilines is 1. The second-order valence-corrected chi connectivity index (χ2v) is 5.15. The molecular formula is C15H12ClFN2O6. The van der Waals surface area contributed by atoms with Crippen molar-refractivity contribution in [1.82, 2.24) is 4.98 Å². The van der Waals surface area contributed by atoms with Crippen LogP contribution in [0.5, 0.6) is 5.75 Å². The molecule has 10 heteroatoms. The Hall–Kier alpha value is -3.07. The minimum absolute atomic E-state index is 0.0167. The van der Waals surface area contributed by atoms with Crippen LogP contribution >= 0.6 is 11.6 Å². The fourth-order valence-electron chi connectivity index (χ4n) is 2.31. The number of halogens is 2. The van der Waals surface area contributed by atoms with Gasteiger partial charge in [0.1, 0.15) is 27.7 Å². The van der Waals surface area contributed by atoms with E-state index in [1.165, 1.54) is 6.07 Å². The van der Waals surface area contributed by atoms with Crippen molar-refractivity contribution in [1.29, 1.82) is 0 Å². The topological polar surface area (TPSA) is 143 Å². The van der Waals surface area contributed by atoms with Crippen LogP contribution in [0.1, 0.15) is 27.6 Å². The normalized spacial score (nSPS) is 10.5. The van der Waals surface area contributed by atoms with E-state index in [0.29, 0.717) is 0 Å². The van der Waals surface area contributed by atoms with Crippen molar-refractivity contribution in [2.45, 2.75) is 6.92 Å². The molecule has 0 saturated heterocycles. The number of nitrogen functional groups attached to an aromatic ring is 1. The summed E-state index contributed by atoms with van der Waals surface area (Å²) in [6.45, 7) is 1.84. The number of rotatable bonds is 5. The van der Waals surface area contributed by atoms with E-state index in [-0.39, 0.29) is 12.4 Å². The highest BCUT2D eigenvalue weighted by Crippen LogP contribution is 2.37. The van der Waals surface area contributed by atoms with Crippen LogP contribution in [0.15, 0.2) is 16.9 Å². The van der Waals surface area contributed by atoms with E-state index in [1.54, 1.807) is 6.92 Å². The SMILES string of the molecule is CCOc1ccc(-c2c(C(=O)O)c(N)[nH]c(=O)c2C(=O)O)c(F)c1Cl. The summed E-state index contributed by atoms with van der Waals surface area (Å²) in [5.41, 5.74) is 1.42. The van der Waals surface area contributed by atoms with Gasteiger partial charge in [-0.2, -0.15) is 0 Å². The highest BCUT2D eigenvalue weighted by molar-refractivity contribution is 6.32. The number of aromatic nitrogens is 1. The van der Waals surface area contributed by atoms with Gasteiger partial charge in [-0.3, -0.25) is 4.79 Å². The number of aromatic carboxylic acids is 2. The Kier molecular flexibility index (Phi) is 4.98. The molecule has 0 atom stereocenters. The maximum Gasteiger partial charge on any atom is 0.342 e. The third-order valence-electron chi connectivity index (χ3n) is 3.29. The van der Waals surface area contributed by atoms with Gasteiger partial charge in [0.2, 0.25) is 0 Å². The van der Waals surface area contributed by atoms with Crippen molar-refractivity contribution < 1.29 is 28.9 Å². The average molecular weight is 371 g/mol. The van der Waals surface area contributed by atoms with Crippen molar-refractivity contribution in [2.75, 3.05) is 12.3 Å². The number of hydrogen-bond acceptors (Lipinski definition) is 5. The molecule has 0 aliphatic carbocycles. The zero-order chi connectivity index (χ0) is 18.9. The maximum absolute atomic E-state index is 14.7. The van der Waals surface area contributed by atoms with Crippen LogP contribution in [0.3, 0.4) is 0 Å². The molecular weight excluding hydrogens is 359 g/mol. The molecule has 0 bridgehead atoms. The van der Waals surface area contributed by atoms with Crippen LogP contribution in [-0.2, 0) is 0 Å². The lowest BCUT2D eigenvalue weighted by Crippen LogP contribution is -2.24. The van der Waals surface area contributed by atoms with Gasteiger partial charge in [-0.1, -0.05) is 11.6 Å². The zero-order valence-electron chi connectivity index (χ0n) is 12.7. The van der Waals surface area contributed by atoms with E-state index in [2.05, 4.69) is 0 Å². The molecule has 2 rings (SSSR count). The molecule has 0 unspecified atom stereocenters. The molecule has 1 heterocycles. The first-order chi connectivity index (χ1) is 11.7. The number of carbonyl (C=O) groups is 2. The number of nitrogens with one attached hydrogen (secondary N) is 1. The molecule has 25 heavy (non-hydrogen) atoms. The van der Waals surface area contributed by atoms with Crippen LogP contribution in [-0.4, -0.2) is 33.7 Å². The summed E-state index contributed by atoms with van der Waals surface area (Å²) in [5, 5.41) is 18.1. The third-order valence-corrected chi connectivity index (χ3v) is 3.64. The number of ether oxygens (including phenoxy) is 1. The summed E-state index contributed by atoms with van der Waals surface area (Å²) >= 11 is 5.86. The minimum atomic E-state index is -1.75. The van der Waals surface area contributed by atoms with E-state index < -0.39 is 56.4 Å². The second-order valence-electron chi connectivity index (χ2n) is 4.78. The van der Waals surface area contributed by atoms with E-state index in [1.807, 2.05) is 4.98 Å². The van der Waals surface area contributed by atoms with Gasteiger partial charge < -0.3 is 25.7 Å². The van der Waals surface area contributed by atoms with E-state index >= 15 is 0 Å². The summed E-state index contributed by atoms with van der Waals surface area (Å²) in [6.07, 6.45) is 0. The highest BCUT2D eigenvalue weighted by atomic mass is 35.5. The summed E-state index contributed by atoms with van der Waals surface area (Å²) in [7, 11) is 0. The Morgan fingerprint density at radius 3 is 2.40 bits per heavy atom. The Bertz CT molecular complexity index is 941. The fraction of sp³-hybridized carbons (Fsp3) is 0.133. The molecule has 0 aliphatic rings. The van der Waals surface area contributed by atoms with Crippen LogP contribution < -0.4 is 16.0 Å². The van der Waals surface area contributed by atoms with Gasteiger partial charge in [-0.05, 0) is 19.1 Å². The Morgan fingerprint density at radius 2 is 1.88 bits per heavy atom. The predicted molar refractivity (Wildman–Crippen MR) is 87.0 cm³/mol. The number of aromatic amines is 1. The van der Waals surface area contributed by atoms with Gasteiger partial charge in [0.15, 0.2) is 5.82 Å². The molecule has 1 aromatic heterocycles. The first kappa shape index (κ1) is 18.3. The van der Waals surface area contributed by atoms with Gasteiger partial charge >= 0.3 is 11.9 Å². The maximum atomic E-state index is 14.7. The second kappa shape index (κ2) is 6.81. The molecule has 0 spiro atoms. The lowest BCUT2D eigenvalue weighted by atomic mass is 9.95. The van der Waals surface area contributed by atoms with Crippen LogP contribution in [0, 0.1) is 5.82 Å². The number of pyridine rings is 1. The lowest BCUT2D eigenvalue weighted by molar-refractivity contribution is 0.0695.